The van der Waals surface area contributed by atoms with Crippen LogP contribution in [0, 0.1) is 5.41 Å². The Labute approximate surface area is 170 Å². The van der Waals surface area contributed by atoms with Gasteiger partial charge in [0.2, 0.25) is 5.78 Å². The topological polar surface area (TPSA) is 65.0 Å². The number of aliphatic imine (C=N–C) groups is 1. The van der Waals surface area contributed by atoms with Crippen LogP contribution in [0.15, 0.2) is 65.7 Å². The molecule has 29 heavy (non-hydrogen) atoms. The van der Waals surface area contributed by atoms with E-state index < -0.39 is 22.3 Å². The van der Waals surface area contributed by atoms with Gasteiger partial charge in [0.1, 0.15) is 5.54 Å². The van der Waals surface area contributed by atoms with Crippen molar-refractivity contribution in [2.45, 2.75) is 38.1 Å². The Morgan fingerprint density at radius 2 is 1.55 bits per heavy atom. The molecule has 5 nitrogen and oxygen atoms in total. The number of ether oxygens (including phenoxy) is 2. The van der Waals surface area contributed by atoms with Crippen LogP contribution in [0.4, 0.5) is 0 Å². The smallest absolute Gasteiger partial charge is 0.323 e. The van der Waals surface area contributed by atoms with Crippen molar-refractivity contribution >= 4 is 17.7 Å². The molecule has 0 N–H and O–H groups in total. The van der Waals surface area contributed by atoms with Gasteiger partial charge in [0, 0.05) is 5.41 Å². The molecule has 0 amide bonds. The lowest BCUT2D eigenvalue weighted by Gasteiger charge is -2.63. The van der Waals surface area contributed by atoms with E-state index in [1.807, 2.05) is 60.7 Å². The van der Waals surface area contributed by atoms with Crippen LogP contribution in [0.2, 0.25) is 0 Å². The molecule has 1 fully saturated rings. The van der Waals surface area contributed by atoms with Crippen molar-refractivity contribution in [3.63, 3.8) is 0 Å². The summed E-state index contributed by atoms with van der Waals surface area (Å²) >= 11 is 0. The van der Waals surface area contributed by atoms with E-state index in [0.29, 0.717) is 13.0 Å². The average Bonchev–Trinajstić information content (AvgIpc) is 2.95. The lowest BCUT2D eigenvalue weighted by atomic mass is 9.37. The molecule has 0 bridgehead atoms. The molecule has 0 radical (unpaired) electrons. The summed E-state index contributed by atoms with van der Waals surface area (Å²) in [5.41, 5.74) is -1.26. The monoisotopic (exact) mass is 391 g/mol. The molecule has 1 heterocycles. The van der Waals surface area contributed by atoms with E-state index in [1.54, 1.807) is 13.8 Å². The molecule has 1 saturated carbocycles. The lowest BCUT2D eigenvalue weighted by Crippen LogP contribution is -2.72. The predicted molar refractivity (Wildman–Crippen MR) is 110 cm³/mol. The molecule has 2 aromatic rings. The SMILES string of the molecule is CCOC(=O)[C@]12C[C@@](C)(c3ccccc3)[C@@]1(c1ccccc1)N=C(OCC)C2=O. The highest BCUT2D eigenvalue weighted by molar-refractivity contribution is 6.45. The summed E-state index contributed by atoms with van der Waals surface area (Å²) in [6, 6.07) is 19.5. The highest BCUT2D eigenvalue weighted by atomic mass is 16.5. The van der Waals surface area contributed by atoms with Crippen molar-refractivity contribution in [3.8, 4) is 0 Å². The van der Waals surface area contributed by atoms with Crippen molar-refractivity contribution in [1.82, 2.24) is 0 Å². The van der Waals surface area contributed by atoms with E-state index in [2.05, 4.69) is 6.92 Å². The first-order valence-corrected chi connectivity index (χ1v) is 10.0. The van der Waals surface area contributed by atoms with Gasteiger partial charge in [-0.25, -0.2) is 4.99 Å². The van der Waals surface area contributed by atoms with Crippen LogP contribution < -0.4 is 0 Å². The minimum atomic E-state index is -1.42. The number of carbonyl (C=O) groups excluding carboxylic acids is 2. The number of rotatable bonds is 5. The van der Waals surface area contributed by atoms with Gasteiger partial charge >= 0.3 is 5.97 Å². The number of hydrogen-bond donors (Lipinski definition) is 0. The Morgan fingerprint density at radius 3 is 2.10 bits per heavy atom. The molecular weight excluding hydrogens is 366 g/mol. The molecule has 4 rings (SSSR count). The van der Waals surface area contributed by atoms with Crippen molar-refractivity contribution in [3.05, 3.63) is 71.8 Å². The molecule has 2 aromatic carbocycles. The minimum absolute atomic E-state index is 0.0177. The van der Waals surface area contributed by atoms with Crippen LogP contribution >= 0.6 is 0 Å². The Hall–Kier alpha value is -2.95. The van der Waals surface area contributed by atoms with Crippen molar-refractivity contribution in [1.29, 1.82) is 0 Å². The second kappa shape index (κ2) is 6.83. The lowest BCUT2D eigenvalue weighted by molar-refractivity contribution is -0.182. The highest BCUT2D eigenvalue weighted by Crippen LogP contribution is 2.73. The van der Waals surface area contributed by atoms with Gasteiger partial charge in [0.15, 0.2) is 5.41 Å². The van der Waals surface area contributed by atoms with Gasteiger partial charge in [-0.2, -0.15) is 0 Å². The standard InChI is InChI=1S/C24H25NO4/c1-4-28-20-19(26)23(21(27)29-5-2)16-22(3,17-12-8-6-9-13-17)24(23,25-20)18-14-10-7-11-15-18/h6-15H,4-5,16H2,1-3H3/t22-,23+,24+/m0/s1. The maximum Gasteiger partial charge on any atom is 0.323 e. The van der Waals surface area contributed by atoms with E-state index in [9.17, 15) is 9.59 Å². The molecule has 3 atom stereocenters. The Kier molecular flexibility index (Phi) is 4.56. The molecule has 5 heteroatoms. The molecule has 0 spiro atoms. The van der Waals surface area contributed by atoms with Crippen LogP contribution in [0.25, 0.3) is 0 Å². The first-order valence-electron chi connectivity index (χ1n) is 10.0. The molecule has 0 saturated heterocycles. The van der Waals surface area contributed by atoms with Gasteiger partial charge in [0.05, 0.1) is 13.2 Å². The second-order valence-corrected chi connectivity index (χ2v) is 7.76. The van der Waals surface area contributed by atoms with E-state index >= 15 is 0 Å². The zero-order valence-electron chi connectivity index (χ0n) is 17.0. The number of Topliss-reactive ketones (excluding diaryl/α,β-unsaturated/α-hetero) is 1. The summed E-state index contributed by atoms with van der Waals surface area (Å²) in [5, 5.41) is 0. The van der Waals surface area contributed by atoms with E-state index in [0.717, 1.165) is 11.1 Å². The largest absolute Gasteiger partial charge is 0.476 e. The van der Waals surface area contributed by atoms with Gasteiger partial charge in [-0.15, -0.1) is 0 Å². The fourth-order valence-corrected chi connectivity index (χ4v) is 5.23. The molecule has 1 aliphatic carbocycles. The summed E-state index contributed by atoms with van der Waals surface area (Å²) < 4.78 is 11.1. The van der Waals surface area contributed by atoms with Gasteiger partial charge in [-0.3, -0.25) is 9.59 Å². The number of esters is 1. The number of fused-ring (bicyclic) bond motifs is 1. The summed E-state index contributed by atoms with van der Waals surface area (Å²) in [7, 11) is 0. The van der Waals surface area contributed by atoms with Crippen molar-refractivity contribution in [2.24, 2.45) is 10.4 Å². The quantitative estimate of drug-likeness (QED) is 0.574. The third-order valence-corrected chi connectivity index (χ3v) is 6.39. The van der Waals surface area contributed by atoms with Gasteiger partial charge in [-0.05, 0) is 31.4 Å². The summed E-state index contributed by atoms with van der Waals surface area (Å²) in [6.07, 6.45) is 0.316. The fourth-order valence-electron chi connectivity index (χ4n) is 5.23. The number of benzene rings is 2. The van der Waals surface area contributed by atoms with Gasteiger partial charge in [0.25, 0.3) is 5.90 Å². The third kappa shape index (κ3) is 2.30. The fraction of sp³-hybridized carbons (Fsp3) is 0.375. The van der Waals surface area contributed by atoms with Gasteiger partial charge in [-0.1, -0.05) is 67.6 Å². The number of nitrogens with zero attached hydrogens (tertiary/aromatic N) is 1. The number of ketones is 1. The summed E-state index contributed by atoms with van der Waals surface area (Å²) in [4.78, 5) is 31.7. The van der Waals surface area contributed by atoms with Crippen molar-refractivity contribution < 1.29 is 19.1 Å². The zero-order chi connectivity index (χ0) is 20.7. The molecule has 0 aromatic heterocycles. The predicted octanol–water partition coefficient (Wildman–Crippen LogP) is 3.81. The van der Waals surface area contributed by atoms with Crippen LogP contribution in [-0.2, 0) is 30.0 Å². The molecular formula is C24H25NO4. The highest BCUT2D eigenvalue weighted by Gasteiger charge is 2.84. The molecule has 1 aliphatic heterocycles. The summed E-state index contributed by atoms with van der Waals surface area (Å²) in [5.74, 6) is -0.889. The number of carbonyl (C=O) groups is 2. The van der Waals surface area contributed by atoms with E-state index in [4.69, 9.17) is 14.5 Å². The minimum Gasteiger partial charge on any atom is -0.476 e. The first kappa shape index (κ1) is 19.4. The maximum absolute atomic E-state index is 13.5. The molecule has 0 unspecified atom stereocenters. The van der Waals surface area contributed by atoms with Crippen LogP contribution in [0.3, 0.4) is 0 Å². The Bertz CT molecular complexity index is 971. The Balaban J connectivity index is 2.02. The Morgan fingerprint density at radius 1 is 0.966 bits per heavy atom. The first-order chi connectivity index (χ1) is 14.0. The summed E-state index contributed by atoms with van der Waals surface area (Å²) in [6.45, 7) is 6.12. The average molecular weight is 391 g/mol. The van der Waals surface area contributed by atoms with Gasteiger partial charge < -0.3 is 9.47 Å². The van der Waals surface area contributed by atoms with E-state index in [1.165, 1.54) is 0 Å². The second-order valence-electron chi connectivity index (χ2n) is 7.76. The number of hydrogen-bond acceptors (Lipinski definition) is 5. The third-order valence-electron chi connectivity index (χ3n) is 6.39. The van der Waals surface area contributed by atoms with E-state index in [-0.39, 0.29) is 18.3 Å². The zero-order valence-corrected chi connectivity index (χ0v) is 17.0. The maximum atomic E-state index is 13.5. The molecule has 150 valence electrons. The van der Waals surface area contributed by atoms with Crippen molar-refractivity contribution in [2.75, 3.05) is 13.2 Å². The normalized spacial score (nSPS) is 30.2. The van der Waals surface area contributed by atoms with Crippen LogP contribution in [0.5, 0.6) is 0 Å². The molecule has 2 aliphatic rings. The van der Waals surface area contributed by atoms with Crippen LogP contribution in [0.1, 0.15) is 38.3 Å². The van der Waals surface area contributed by atoms with Crippen LogP contribution in [-0.4, -0.2) is 30.9 Å².